The molecule has 0 bridgehead atoms. The summed E-state index contributed by atoms with van der Waals surface area (Å²) < 4.78 is 16.2. The van der Waals surface area contributed by atoms with Crippen molar-refractivity contribution < 1.29 is 14.0 Å². The van der Waals surface area contributed by atoms with Gasteiger partial charge >= 0.3 is 0 Å². The van der Waals surface area contributed by atoms with Crippen LogP contribution in [0, 0.1) is 5.82 Å². The van der Waals surface area contributed by atoms with Crippen LogP contribution in [0.2, 0.25) is 0 Å². The lowest BCUT2D eigenvalue weighted by atomic mass is 10.2. The van der Waals surface area contributed by atoms with Crippen molar-refractivity contribution >= 4 is 33.4 Å². The average Bonchev–Trinajstić information content (AvgIpc) is 2.82. The minimum atomic E-state index is -0.690. The number of benzene rings is 1. The summed E-state index contributed by atoms with van der Waals surface area (Å²) in [6.45, 7) is 2.48. The summed E-state index contributed by atoms with van der Waals surface area (Å²) in [5.74, 6) is -1.80. The van der Waals surface area contributed by atoms with Gasteiger partial charge in [0, 0.05) is 22.8 Å². The Hall–Kier alpha value is -2.15. The fourth-order valence-electron chi connectivity index (χ4n) is 1.89. The lowest BCUT2D eigenvalue weighted by molar-refractivity contribution is 0.0994. The Morgan fingerprint density at radius 3 is 2.71 bits per heavy atom. The molecule has 0 aliphatic rings. The van der Waals surface area contributed by atoms with Crippen LogP contribution in [0.25, 0.3) is 0 Å². The van der Waals surface area contributed by atoms with E-state index in [-0.39, 0.29) is 11.3 Å². The maximum absolute atomic E-state index is 13.7. The molecule has 1 heterocycles. The van der Waals surface area contributed by atoms with Crippen LogP contribution in [-0.2, 0) is 6.54 Å². The number of amides is 2. The van der Waals surface area contributed by atoms with Gasteiger partial charge in [-0.15, -0.1) is 0 Å². The number of nitrogens with one attached hydrogen (secondary N) is 1. The number of carbonyl (C=O) groups excluding carboxylic acids is 2. The Kier molecular flexibility index (Phi) is 4.42. The van der Waals surface area contributed by atoms with Crippen molar-refractivity contribution in [2.45, 2.75) is 13.5 Å². The molecule has 0 atom stereocenters. The number of nitrogens with two attached hydrogens (primary N) is 1. The normalized spacial score (nSPS) is 10.4. The summed E-state index contributed by atoms with van der Waals surface area (Å²) in [4.78, 5) is 23.3. The molecule has 1 aromatic heterocycles. The van der Waals surface area contributed by atoms with Gasteiger partial charge in [-0.25, -0.2) is 4.39 Å². The molecular weight excluding hydrogens is 341 g/mol. The SMILES string of the molecule is CCn1cc(Br)cc1C(=O)Nc1cc(C(N)=O)ccc1F. The van der Waals surface area contributed by atoms with Crippen LogP contribution in [0.3, 0.4) is 0 Å². The summed E-state index contributed by atoms with van der Waals surface area (Å²) in [5, 5.41) is 2.45. The Bertz CT molecular complexity index is 712. The molecule has 5 nitrogen and oxygen atoms in total. The van der Waals surface area contributed by atoms with Gasteiger partial charge in [-0.1, -0.05) is 0 Å². The first kappa shape index (κ1) is 15.2. The molecule has 0 saturated carbocycles. The third-order valence-corrected chi connectivity index (χ3v) is 3.37. The van der Waals surface area contributed by atoms with E-state index < -0.39 is 17.6 Å². The van der Waals surface area contributed by atoms with Gasteiger partial charge in [0.15, 0.2) is 0 Å². The van der Waals surface area contributed by atoms with Gasteiger partial charge in [0.25, 0.3) is 5.91 Å². The van der Waals surface area contributed by atoms with Crippen molar-refractivity contribution in [1.82, 2.24) is 4.57 Å². The minimum absolute atomic E-state index is 0.0868. The number of nitrogens with zero attached hydrogens (tertiary/aromatic N) is 1. The topological polar surface area (TPSA) is 77.1 Å². The number of hydrogen-bond acceptors (Lipinski definition) is 2. The zero-order valence-electron chi connectivity index (χ0n) is 11.2. The monoisotopic (exact) mass is 353 g/mol. The van der Waals surface area contributed by atoms with Gasteiger partial charge in [0.05, 0.1) is 5.69 Å². The van der Waals surface area contributed by atoms with Crippen LogP contribution >= 0.6 is 15.9 Å². The summed E-state index contributed by atoms with van der Waals surface area (Å²) in [7, 11) is 0. The molecule has 2 rings (SSSR count). The van der Waals surface area contributed by atoms with Gasteiger partial charge in [0.2, 0.25) is 5.91 Å². The second-order valence-corrected chi connectivity index (χ2v) is 5.26. The molecule has 3 N–H and O–H groups in total. The van der Waals surface area contributed by atoms with E-state index in [1.807, 2.05) is 6.92 Å². The summed E-state index contributed by atoms with van der Waals surface area (Å²) in [6, 6.07) is 5.20. The van der Waals surface area contributed by atoms with Crippen LogP contribution in [0.1, 0.15) is 27.8 Å². The molecule has 0 aliphatic heterocycles. The first-order valence-electron chi connectivity index (χ1n) is 6.18. The first-order chi connectivity index (χ1) is 9.92. The van der Waals surface area contributed by atoms with E-state index in [0.717, 1.165) is 10.5 Å². The van der Waals surface area contributed by atoms with E-state index in [1.165, 1.54) is 12.1 Å². The van der Waals surface area contributed by atoms with Crippen molar-refractivity contribution in [3.05, 3.63) is 52.0 Å². The highest BCUT2D eigenvalue weighted by molar-refractivity contribution is 9.10. The molecule has 21 heavy (non-hydrogen) atoms. The number of carbonyl (C=O) groups is 2. The van der Waals surface area contributed by atoms with E-state index in [2.05, 4.69) is 21.2 Å². The number of hydrogen-bond donors (Lipinski definition) is 2. The third kappa shape index (κ3) is 3.30. The first-order valence-corrected chi connectivity index (χ1v) is 6.98. The predicted octanol–water partition coefficient (Wildman–Crippen LogP) is 2.76. The number of aryl methyl sites for hydroxylation is 1. The Morgan fingerprint density at radius 1 is 1.38 bits per heavy atom. The van der Waals surface area contributed by atoms with Crippen LogP contribution in [0.4, 0.5) is 10.1 Å². The molecule has 2 amide bonds. The standard InChI is InChI=1S/C14H13BrFN3O2/c1-2-19-7-9(15)6-12(19)14(21)18-11-5-8(13(17)20)3-4-10(11)16/h3-7H,2H2,1H3,(H2,17,20)(H,18,21). The molecule has 0 radical (unpaired) electrons. The van der Waals surface area contributed by atoms with E-state index in [4.69, 9.17) is 5.73 Å². The number of aromatic nitrogens is 1. The molecular formula is C14H13BrFN3O2. The molecule has 110 valence electrons. The molecule has 1 aromatic carbocycles. The average molecular weight is 354 g/mol. The van der Waals surface area contributed by atoms with Crippen molar-refractivity contribution in [2.75, 3.05) is 5.32 Å². The third-order valence-electron chi connectivity index (χ3n) is 2.94. The van der Waals surface area contributed by atoms with Crippen molar-refractivity contribution in [2.24, 2.45) is 5.73 Å². The number of primary amides is 1. The van der Waals surface area contributed by atoms with Gasteiger partial charge in [-0.2, -0.15) is 0 Å². The zero-order valence-corrected chi connectivity index (χ0v) is 12.8. The molecule has 2 aromatic rings. The fraction of sp³-hybridized carbons (Fsp3) is 0.143. The second-order valence-electron chi connectivity index (χ2n) is 4.34. The van der Waals surface area contributed by atoms with Crippen molar-refractivity contribution in [1.29, 1.82) is 0 Å². The molecule has 7 heteroatoms. The second kappa shape index (κ2) is 6.09. The maximum atomic E-state index is 13.7. The molecule has 0 unspecified atom stereocenters. The van der Waals surface area contributed by atoms with Crippen LogP contribution in [0.15, 0.2) is 34.9 Å². The molecule has 0 aliphatic carbocycles. The Labute approximate surface area is 129 Å². The van der Waals surface area contributed by atoms with E-state index >= 15 is 0 Å². The number of rotatable bonds is 4. The lowest BCUT2D eigenvalue weighted by Gasteiger charge is -2.09. The van der Waals surface area contributed by atoms with Crippen molar-refractivity contribution in [3.63, 3.8) is 0 Å². The van der Waals surface area contributed by atoms with E-state index in [1.54, 1.807) is 16.8 Å². The molecule has 0 fully saturated rings. The Balaban J connectivity index is 2.31. The number of anilines is 1. The van der Waals surface area contributed by atoms with Crippen molar-refractivity contribution in [3.8, 4) is 0 Å². The Morgan fingerprint density at radius 2 is 2.10 bits per heavy atom. The van der Waals surface area contributed by atoms with Gasteiger partial charge in [-0.3, -0.25) is 9.59 Å². The van der Waals surface area contributed by atoms with E-state index in [9.17, 15) is 14.0 Å². The lowest BCUT2D eigenvalue weighted by Crippen LogP contribution is -2.18. The van der Waals surface area contributed by atoms with E-state index in [0.29, 0.717) is 12.2 Å². The minimum Gasteiger partial charge on any atom is -0.366 e. The molecule has 0 spiro atoms. The van der Waals surface area contributed by atoms with Crippen LogP contribution < -0.4 is 11.1 Å². The largest absolute Gasteiger partial charge is 0.366 e. The highest BCUT2D eigenvalue weighted by Gasteiger charge is 2.15. The smallest absolute Gasteiger partial charge is 0.272 e. The highest BCUT2D eigenvalue weighted by atomic mass is 79.9. The summed E-state index contributed by atoms with van der Waals surface area (Å²) in [5.41, 5.74) is 5.56. The van der Waals surface area contributed by atoms with Gasteiger partial charge in [-0.05, 0) is 47.1 Å². The fourth-order valence-corrected chi connectivity index (χ4v) is 2.35. The highest BCUT2D eigenvalue weighted by Crippen LogP contribution is 2.19. The quantitative estimate of drug-likeness (QED) is 0.886. The predicted molar refractivity (Wildman–Crippen MR) is 80.7 cm³/mol. The zero-order chi connectivity index (χ0) is 15.6. The summed E-state index contributed by atoms with van der Waals surface area (Å²) in [6.07, 6.45) is 1.76. The number of halogens is 2. The van der Waals surface area contributed by atoms with Crippen LogP contribution in [0.5, 0.6) is 0 Å². The molecule has 0 saturated heterocycles. The van der Waals surface area contributed by atoms with Crippen LogP contribution in [-0.4, -0.2) is 16.4 Å². The maximum Gasteiger partial charge on any atom is 0.272 e. The van der Waals surface area contributed by atoms with Gasteiger partial charge in [0.1, 0.15) is 11.5 Å². The van der Waals surface area contributed by atoms with Gasteiger partial charge < -0.3 is 15.6 Å². The summed E-state index contributed by atoms with van der Waals surface area (Å²) >= 11 is 3.29.